The lowest BCUT2D eigenvalue weighted by molar-refractivity contribution is -0.137. The molecule has 18 heteroatoms. The van der Waals surface area contributed by atoms with Crippen LogP contribution in [0.3, 0.4) is 0 Å². The predicted octanol–water partition coefficient (Wildman–Crippen LogP) is 4.35. The van der Waals surface area contributed by atoms with Gasteiger partial charge in [-0.3, -0.25) is 19.6 Å². The summed E-state index contributed by atoms with van der Waals surface area (Å²) >= 11 is 2.67. The van der Waals surface area contributed by atoms with Crippen LogP contribution in [0, 0.1) is 0 Å². The van der Waals surface area contributed by atoms with Crippen LogP contribution >= 0.6 is 33.9 Å². The van der Waals surface area contributed by atoms with Crippen molar-refractivity contribution in [2.24, 2.45) is 0 Å². The lowest BCUT2D eigenvalue weighted by Gasteiger charge is -2.13. The van der Waals surface area contributed by atoms with E-state index in [1.807, 2.05) is 0 Å². The minimum absolute atomic E-state index is 0.000870. The van der Waals surface area contributed by atoms with E-state index in [1.54, 1.807) is 34.7 Å². The van der Waals surface area contributed by atoms with E-state index in [4.69, 9.17) is 0 Å². The molecule has 2 amide bonds. The third kappa shape index (κ3) is 9.40. The number of alkyl halides is 6. The topological polar surface area (TPSA) is 140 Å². The van der Waals surface area contributed by atoms with E-state index in [0.29, 0.717) is 16.3 Å². The minimum Gasteiger partial charge on any atom is -0.345 e. The van der Waals surface area contributed by atoms with E-state index in [9.17, 15) is 31.5 Å². The second-order valence-electron chi connectivity index (χ2n) is 9.29. The monoisotopic (exact) mass is 735 g/mol. The van der Waals surface area contributed by atoms with E-state index in [1.165, 1.54) is 19.3 Å². The van der Waals surface area contributed by atoms with Gasteiger partial charge in [-0.2, -0.15) is 13.2 Å². The zero-order valence-electron chi connectivity index (χ0n) is 22.3. The summed E-state index contributed by atoms with van der Waals surface area (Å²) in [5.74, 6) is -1.21. The zero-order valence-corrected chi connectivity index (χ0v) is 25.3. The van der Waals surface area contributed by atoms with E-state index < -0.39 is 33.4 Å². The molecule has 2 atom stereocenters. The summed E-state index contributed by atoms with van der Waals surface area (Å²) in [7, 11) is 0. The molecule has 0 bridgehead atoms. The Morgan fingerprint density at radius 3 is 2.26 bits per heavy atom. The number of aromatic nitrogens is 7. The van der Waals surface area contributed by atoms with Crippen LogP contribution in [0.15, 0.2) is 42.9 Å². The van der Waals surface area contributed by atoms with Crippen molar-refractivity contribution in [3.63, 3.8) is 0 Å². The van der Waals surface area contributed by atoms with Gasteiger partial charge < -0.3 is 10.6 Å². The van der Waals surface area contributed by atoms with Gasteiger partial charge in [0.2, 0.25) is 5.01 Å². The van der Waals surface area contributed by atoms with Gasteiger partial charge in [0.1, 0.15) is 11.2 Å². The van der Waals surface area contributed by atoms with Gasteiger partial charge >= 0.3 is 6.18 Å². The molecule has 0 aliphatic carbocycles. The van der Waals surface area contributed by atoms with E-state index in [0.717, 1.165) is 34.3 Å². The highest BCUT2D eigenvalue weighted by atomic mass is 127. The molecule has 0 saturated carbocycles. The standard InChI is InChI=1S/C25H23F5IN9O2S/c1-24(27,31)14-4-6-32-17(8-14)11-35-22(42)23-38-37-20(43-23)3-2-16(26)12-40-13-19(36-39-40)21(41)34-10-18-9-15(5-7-33-18)25(28,29)30/h4-9,13,16H,2-3,10-12H2,1H3,(H,34,41)(H,35,42). The summed E-state index contributed by atoms with van der Waals surface area (Å²) in [5, 5.41) is 20.7. The van der Waals surface area contributed by atoms with E-state index >= 15 is 0 Å². The van der Waals surface area contributed by atoms with Gasteiger partial charge in [-0.1, -0.05) is 16.6 Å². The first-order valence-corrected chi connectivity index (χ1v) is 14.5. The molecule has 228 valence electrons. The molecule has 0 aromatic carbocycles. The van der Waals surface area contributed by atoms with Crippen LogP contribution in [0.1, 0.15) is 61.2 Å². The zero-order chi connectivity index (χ0) is 31.2. The van der Waals surface area contributed by atoms with Crippen LogP contribution in [0.25, 0.3) is 0 Å². The predicted molar refractivity (Wildman–Crippen MR) is 151 cm³/mol. The van der Waals surface area contributed by atoms with Crippen LogP contribution in [0.4, 0.5) is 22.0 Å². The first kappa shape index (κ1) is 32.2. The number of nitrogens with zero attached hydrogens (tertiary/aromatic N) is 7. The Morgan fingerprint density at radius 2 is 1.60 bits per heavy atom. The number of pyridine rings is 2. The summed E-state index contributed by atoms with van der Waals surface area (Å²) in [6.45, 7) is 0.973. The fourth-order valence-corrected chi connectivity index (χ4v) is 4.73. The first-order valence-electron chi connectivity index (χ1n) is 12.6. The molecule has 4 rings (SSSR count). The maximum Gasteiger partial charge on any atom is 0.416 e. The molecule has 4 heterocycles. The second kappa shape index (κ2) is 13.7. The Labute approximate surface area is 258 Å². The van der Waals surface area contributed by atoms with Crippen LogP contribution < -0.4 is 10.6 Å². The number of rotatable bonds is 12. The van der Waals surface area contributed by atoms with Crippen LogP contribution in [-0.4, -0.2) is 53.1 Å². The number of hydrogen-bond acceptors (Lipinski definition) is 9. The van der Waals surface area contributed by atoms with Crippen molar-refractivity contribution in [2.45, 2.75) is 55.4 Å². The van der Waals surface area contributed by atoms with Crippen molar-refractivity contribution in [3.8, 4) is 0 Å². The number of hydrogen-bond donors (Lipinski definition) is 2. The molecular weight excluding hydrogens is 712 g/mol. The molecule has 0 radical (unpaired) electrons. The molecule has 11 nitrogen and oxygen atoms in total. The highest BCUT2D eigenvalue weighted by molar-refractivity contribution is 14.1. The average molecular weight is 735 g/mol. The summed E-state index contributed by atoms with van der Waals surface area (Å²) in [6.07, 6.45) is -2.06. The Kier molecular flexibility index (Phi) is 10.3. The number of halogens is 6. The third-order valence-corrected chi connectivity index (χ3v) is 7.42. The highest BCUT2D eigenvalue weighted by Gasteiger charge is 2.30. The summed E-state index contributed by atoms with van der Waals surface area (Å²) in [6, 6.07) is 4.76. The Hall–Kier alpha value is -3.68. The molecule has 4 aromatic heterocycles. The lowest BCUT2D eigenvalue weighted by Crippen LogP contribution is -2.24. The maximum absolute atomic E-state index is 14.6. The quantitative estimate of drug-likeness (QED) is 0.125. The van der Waals surface area contributed by atoms with E-state index in [2.05, 4.69) is 41.1 Å². The number of nitrogens with one attached hydrogen (secondary N) is 2. The number of amides is 2. The van der Waals surface area contributed by atoms with Crippen molar-refractivity contribution < 1.29 is 31.5 Å². The van der Waals surface area contributed by atoms with Crippen LogP contribution in [-0.2, 0) is 35.9 Å². The van der Waals surface area contributed by atoms with Crippen LogP contribution in [0.5, 0.6) is 0 Å². The van der Waals surface area contributed by atoms with Gasteiger partial charge in [0.15, 0.2) is 9.37 Å². The maximum atomic E-state index is 14.6. The van der Waals surface area contributed by atoms with E-state index in [-0.39, 0.29) is 48.9 Å². The highest BCUT2D eigenvalue weighted by Crippen LogP contribution is 2.32. The van der Waals surface area contributed by atoms with Crippen molar-refractivity contribution in [2.75, 3.05) is 0 Å². The summed E-state index contributed by atoms with van der Waals surface area (Å²) in [5.41, 5.74) is -0.144. The van der Waals surface area contributed by atoms with Crippen LogP contribution in [0.2, 0.25) is 0 Å². The molecule has 43 heavy (non-hydrogen) atoms. The van der Waals surface area contributed by atoms with Crippen molar-refractivity contribution in [1.29, 1.82) is 0 Å². The van der Waals surface area contributed by atoms with Crippen molar-refractivity contribution in [1.82, 2.24) is 45.8 Å². The molecule has 0 spiro atoms. The first-order chi connectivity index (χ1) is 20.3. The average Bonchev–Trinajstić information content (AvgIpc) is 3.63. The van der Waals surface area contributed by atoms with Gasteiger partial charge in [-0.25, -0.2) is 13.5 Å². The Balaban J connectivity index is 1.21. The summed E-state index contributed by atoms with van der Waals surface area (Å²) < 4.78 is 66.9. The van der Waals surface area contributed by atoms with Crippen molar-refractivity contribution in [3.05, 3.63) is 81.1 Å². The van der Waals surface area contributed by atoms with Gasteiger partial charge in [0, 0.05) is 24.4 Å². The normalized spacial score (nSPS) is 13.7. The molecule has 2 N–H and O–H groups in total. The second-order valence-corrected chi connectivity index (χ2v) is 12.4. The lowest BCUT2D eigenvalue weighted by atomic mass is 10.1. The Bertz CT molecular complexity index is 1570. The third-order valence-electron chi connectivity index (χ3n) is 5.82. The van der Waals surface area contributed by atoms with Gasteiger partial charge in [-0.15, -0.1) is 15.3 Å². The SMILES string of the molecule is CC(F)(I)c1ccnc(CNC(=O)c2nnc(CCC(F)Cn3cc(C(=O)NCc4cc(C(F)(F)F)ccn4)nn3)s2)c1. The number of carbonyl (C=O) groups excluding carboxylic acids is 2. The molecule has 0 aliphatic heterocycles. The fourth-order valence-electron chi connectivity index (χ4n) is 3.62. The van der Waals surface area contributed by atoms with Gasteiger partial charge in [0.25, 0.3) is 11.8 Å². The smallest absolute Gasteiger partial charge is 0.345 e. The molecule has 2 unspecified atom stereocenters. The fraction of sp³-hybridized carbons (Fsp3) is 0.360. The minimum atomic E-state index is -4.54. The molecular formula is C25H23F5IN9O2S. The van der Waals surface area contributed by atoms with Gasteiger partial charge in [0.05, 0.1) is 42.8 Å². The molecule has 0 fully saturated rings. The summed E-state index contributed by atoms with van der Waals surface area (Å²) in [4.78, 5) is 32.7. The van der Waals surface area contributed by atoms with Gasteiger partial charge in [-0.05, 0) is 60.2 Å². The number of aryl methyl sites for hydroxylation is 1. The molecule has 4 aromatic rings. The largest absolute Gasteiger partial charge is 0.416 e. The Morgan fingerprint density at radius 1 is 0.977 bits per heavy atom. The van der Waals surface area contributed by atoms with Crippen molar-refractivity contribution >= 4 is 45.7 Å². The molecule has 0 saturated heterocycles. The molecule has 0 aliphatic rings. The number of carbonyl (C=O) groups is 2.